The molecule has 0 radical (unpaired) electrons. The summed E-state index contributed by atoms with van der Waals surface area (Å²) in [5.74, 6) is -0.598. The molecule has 0 saturated carbocycles. The predicted octanol–water partition coefficient (Wildman–Crippen LogP) is 2.22. The lowest BCUT2D eigenvalue weighted by molar-refractivity contribution is -0.120. The molecule has 0 unspecified atom stereocenters. The van der Waals surface area contributed by atoms with Crippen molar-refractivity contribution < 1.29 is 10.3 Å². The van der Waals surface area contributed by atoms with E-state index >= 15 is 0 Å². The highest BCUT2D eigenvalue weighted by molar-refractivity contribution is 5.79. The molecule has 0 aliphatic carbocycles. The Balaban J connectivity index is 3.01. The fourth-order valence-electron chi connectivity index (χ4n) is 2.02. The molecule has 0 aliphatic rings. The number of hydrogen-bond donors (Lipinski definition) is 2. The Labute approximate surface area is 122 Å². The van der Waals surface area contributed by atoms with Crippen LogP contribution in [-0.4, -0.2) is 18.9 Å². The van der Waals surface area contributed by atoms with Crippen molar-refractivity contribution in [1.29, 1.82) is 0 Å². The van der Waals surface area contributed by atoms with Gasteiger partial charge in [0.15, 0.2) is 0 Å². The molecule has 0 aliphatic heterocycles. The molecule has 0 fully saturated rings. The van der Waals surface area contributed by atoms with Gasteiger partial charge in [-0.3, -0.25) is 4.79 Å². The van der Waals surface area contributed by atoms with Gasteiger partial charge in [0.05, 0.1) is 9.16 Å². The molecule has 3 heteroatoms. The number of nitrogens with one attached hydrogen (secondary N) is 1. The molecule has 106 valence electrons. The second-order valence-electron chi connectivity index (χ2n) is 5.83. The predicted molar refractivity (Wildman–Crippen MR) is 80.4 cm³/mol. The normalized spacial score (nSPS) is 16.1. The van der Waals surface area contributed by atoms with E-state index in [1.165, 1.54) is 5.56 Å². The van der Waals surface area contributed by atoms with Crippen LogP contribution in [0.4, 0.5) is 0 Å². The topological polar surface area (TPSA) is 55.1 Å². The largest absolute Gasteiger partial charge is 0.355 e. The van der Waals surface area contributed by atoms with Crippen molar-refractivity contribution in [1.82, 2.24) is 5.32 Å². The van der Waals surface area contributed by atoms with Crippen molar-refractivity contribution in [3.8, 4) is 0 Å². The van der Waals surface area contributed by atoms with Gasteiger partial charge in [0.2, 0.25) is 5.91 Å². The first kappa shape index (κ1) is 10.4. The molecular formula is C16H26N2O. The first-order chi connectivity index (χ1) is 10.1. The lowest BCUT2D eigenvalue weighted by atomic mass is 9.83. The van der Waals surface area contributed by atoms with Crippen LogP contribution >= 0.6 is 0 Å². The lowest BCUT2D eigenvalue weighted by Crippen LogP contribution is -2.30. The van der Waals surface area contributed by atoms with Gasteiger partial charge in [-0.15, -0.1) is 0 Å². The molecule has 0 saturated heterocycles. The summed E-state index contributed by atoms with van der Waals surface area (Å²) in [6, 6.07) is 4.07. The zero-order valence-corrected chi connectivity index (χ0v) is 12.3. The van der Waals surface area contributed by atoms with Crippen LogP contribution in [0.2, 0.25) is 0 Å². The maximum atomic E-state index is 12.1. The van der Waals surface area contributed by atoms with Gasteiger partial charge in [-0.05, 0) is 41.5 Å². The summed E-state index contributed by atoms with van der Waals surface area (Å²) in [4.78, 5) is 12.1. The highest BCUT2D eigenvalue weighted by atomic mass is 16.1. The maximum absolute atomic E-state index is 12.1. The third-order valence-corrected chi connectivity index (χ3v) is 3.17. The summed E-state index contributed by atoms with van der Waals surface area (Å²) in [7, 11) is 0. The fourth-order valence-corrected chi connectivity index (χ4v) is 2.02. The van der Waals surface area contributed by atoms with Crippen LogP contribution in [-0.2, 0) is 16.6 Å². The summed E-state index contributed by atoms with van der Waals surface area (Å²) in [5, 5.41) is 2.04. The second-order valence-corrected chi connectivity index (χ2v) is 5.83. The van der Waals surface area contributed by atoms with Crippen LogP contribution < -0.4 is 11.1 Å². The van der Waals surface area contributed by atoms with Gasteiger partial charge < -0.3 is 11.1 Å². The Bertz CT molecular complexity index is 578. The SMILES string of the molecule is [2H]C([2H])(N)C([2H])([2H])NC(=O)Cc1c(C)cc(C(C)(C)C)cc1C. The number of benzene rings is 1. The smallest absolute Gasteiger partial charge is 0.224 e. The van der Waals surface area contributed by atoms with E-state index in [4.69, 9.17) is 11.2 Å². The number of hydrogen-bond acceptors (Lipinski definition) is 2. The Morgan fingerprint density at radius 2 is 1.84 bits per heavy atom. The van der Waals surface area contributed by atoms with Crippen LogP contribution in [0.25, 0.3) is 0 Å². The average molecular weight is 266 g/mol. The van der Waals surface area contributed by atoms with Crippen LogP contribution in [0.3, 0.4) is 0 Å². The maximum Gasteiger partial charge on any atom is 0.224 e. The van der Waals surface area contributed by atoms with E-state index in [1.807, 2.05) is 31.3 Å². The molecule has 1 aromatic rings. The summed E-state index contributed by atoms with van der Waals surface area (Å²) >= 11 is 0. The van der Waals surface area contributed by atoms with E-state index in [-0.39, 0.29) is 11.8 Å². The van der Waals surface area contributed by atoms with Crippen molar-refractivity contribution in [3.05, 3.63) is 34.4 Å². The first-order valence-electron chi connectivity index (χ1n) is 8.35. The fraction of sp³-hybridized carbons (Fsp3) is 0.562. The molecular weight excluding hydrogens is 236 g/mol. The molecule has 0 heterocycles. The zero-order valence-electron chi connectivity index (χ0n) is 16.3. The van der Waals surface area contributed by atoms with Crippen molar-refractivity contribution in [2.75, 3.05) is 13.0 Å². The van der Waals surface area contributed by atoms with E-state index in [1.54, 1.807) is 0 Å². The molecule has 1 aromatic carbocycles. The first-order valence-corrected chi connectivity index (χ1v) is 6.35. The molecule has 0 atom stereocenters. The number of aryl methyl sites for hydroxylation is 2. The van der Waals surface area contributed by atoms with Crippen molar-refractivity contribution in [2.24, 2.45) is 5.73 Å². The monoisotopic (exact) mass is 266 g/mol. The van der Waals surface area contributed by atoms with Crippen molar-refractivity contribution in [2.45, 2.75) is 46.5 Å². The standard InChI is InChI=1S/C16H26N2O/c1-11-8-13(16(3,4)5)9-12(2)14(11)10-15(19)18-7-6-17/h8-9H,6-7,10,17H2,1-5H3,(H,18,19)/i6D2,7D2. The number of nitrogens with two attached hydrogens (primary N) is 1. The minimum absolute atomic E-state index is 0.00338. The Kier molecular flexibility index (Phi) is 3.41. The highest BCUT2D eigenvalue weighted by Crippen LogP contribution is 2.27. The number of amides is 1. The molecule has 0 bridgehead atoms. The van der Waals surface area contributed by atoms with Crippen molar-refractivity contribution >= 4 is 5.91 Å². The molecule has 3 nitrogen and oxygen atoms in total. The number of rotatable bonds is 4. The summed E-state index contributed by atoms with van der Waals surface area (Å²) in [6.45, 7) is 4.91. The van der Waals surface area contributed by atoms with Gasteiger partial charge in [-0.25, -0.2) is 0 Å². The van der Waals surface area contributed by atoms with Gasteiger partial charge in [-0.2, -0.15) is 0 Å². The summed E-state index contributed by atoms with van der Waals surface area (Å²) in [5.41, 5.74) is 9.04. The summed E-state index contributed by atoms with van der Waals surface area (Å²) in [6.07, 6.45) is -0.0162. The van der Waals surface area contributed by atoms with E-state index < -0.39 is 18.9 Å². The van der Waals surface area contributed by atoms with E-state index in [0.29, 0.717) is 0 Å². The lowest BCUT2D eigenvalue weighted by Gasteiger charge is -2.22. The van der Waals surface area contributed by atoms with Gasteiger partial charge in [-0.1, -0.05) is 32.9 Å². The number of carbonyl (C=O) groups is 1. The molecule has 0 spiro atoms. The summed E-state index contributed by atoms with van der Waals surface area (Å²) < 4.78 is 29.6. The van der Waals surface area contributed by atoms with E-state index in [2.05, 4.69) is 20.8 Å². The Morgan fingerprint density at radius 3 is 2.26 bits per heavy atom. The molecule has 1 rings (SSSR count). The van der Waals surface area contributed by atoms with E-state index in [9.17, 15) is 4.79 Å². The highest BCUT2D eigenvalue weighted by Gasteiger charge is 2.17. The van der Waals surface area contributed by atoms with Crippen LogP contribution in [0.5, 0.6) is 0 Å². The van der Waals surface area contributed by atoms with E-state index in [0.717, 1.165) is 16.7 Å². The molecule has 1 amide bonds. The van der Waals surface area contributed by atoms with Crippen LogP contribution in [0, 0.1) is 13.8 Å². The van der Waals surface area contributed by atoms with Gasteiger partial charge in [0.25, 0.3) is 0 Å². The molecule has 0 aromatic heterocycles. The van der Waals surface area contributed by atoms with Crippen LogP contribution in [0.15, 0.2) is 12.1 Å². The van der Waals surface area contributed by atoms with Gasteiger partial charge >= 0.3 is 0 Å². The van der Waals surface area contributed by atoms with Crippen LogP contribution in [0.1, 0.15) is 48.5 Å². The molecule has 19 heavy (non-hydrogen) atoms. The Morgan fingerprint density at radius 1 is 1.32 bits per heavy atom. The third kappa shape index (κ3) is 4.35. The average Bonchev–Trinajstić information content (AvgIpc) is 2.30. The molecule has 3 N–H and O–H groups in total. The van der Waals surface area contributed by atoms with Crippen molar-refractivity contribution in [3.63, 3.8) is 0 Å². The zero-order chi connectivity index (χ0) is 18.2. The quantitative estimate of drug-likeness (QED) is 0.878. The minimum atomic E-state index is -2.65. The van der Waals surface area contributed by atoms with Gasteiger partial charge in [0, 0.05) is 15.7 Å². The third-order valence-electron chi connectivity index (χ3n) is 3.17. The number of carbonyl (C=O) groups excluding carboxylic acids is 1. The minimum Gasteiger partial charge on any atom is -0.355 e. The van der Waals surface area contributed by atoms with Gasteiger partial charge in [0.1, 0.15) is 0 Å². The Hall–Kier alpha value is -1.35. The second kappa shape index (κ2) is 6.20.